The van der Waals surface area contributed by atoms with Crippen molar-refractivity contribution in [1.29, 1.82) is 5.26 Å². The fraction of sp³-hybridized carbons (Fsp3) is 0.167. The molecule has 0 aliphatic heterocycles. The van der Waals surface area contributed by atoms with E-state index in [4.69, 9.17) is 11.6 Å². The Kier molecular flexibility index (Phi) is 7.89. The molecule has 1 unspecified atom stereocenters. The summed E-state index contributed by atoms with van der Waals surface area (Å²) in [5, 5.41) is 21.3. The molecule has 0 saturated heterocycles. The molecule has 1 amide bonds. The van der Waals surface area contributed by atoms with Gasteiger partial charge in [-0.05, 0) is 61.0 Å². The molecular formula is C24H21ClFN3O4S. The van der Waals surface area contributed by atoms with Gasteiger partial charge in [-0.2, -0.15) is 5.26 Å². The lowest BCUT2D eigenvalue weighted by Gasteiger charge is -2.25. The molecule has 0 aliphatic carbocycles. The molecule has 0 aromatic heterocycles. The topological polar surface area (TPSA) is 110 Å². The number of amides is 1. The number of nitrogens with zero attached hydrogens (tertiary/aromatic N) is 2. The number of benzene rings is 3. The Morgan fingerprint density at radius 3 is 2.53 bits per heavy atom. The summed E-state index contributed by atoms with van der Waals surface area (Å²) in [6, 6.07) is 16.7. The van der Waals surface area contributed by atoms with Crippen LogP contribution in [0.4, 0.5) is 10.1 Å². The van der Waals surface area contributed by atoms with Gasteiger partial charge in [0.05, 0.1) is 40.9 Å². The molecular weight excluding hydrogens is 481 g/mol. The van der Waals surface area contributed by atoms with E-state index in [9.17, 15) is 28.0 Å². The average molecular weight is 502 g/mol. The first kappa shape index (κ1) is 25.2. The summed E-state index contributed by atoms with van der Waals surface area (Å²) in [5.74, 6) is -1.64. The smallest absolute Gasteiger partial charge is 0.264 e. The number of nitriles is 1. The molecule has 0 aliphatic rings. The summed E-state index contributed by atoms with van der Waals surface area (Å²) >= 11 is 5.94. The highest BCUT2D eigenvalue weighted by Gasteiger charge is 2.27. The van der Waals surface area contributed by atoms with Gasteiger partial charge in [-0.1, -0.05) is 29.8 Å². The molecule has 10 heteroatoms. The van der Waals surface area contributed by atoms with Gasteiger partial charge in [0, 0.05) is 11.1 Å². The number of anilines is 1. The van der Waals surface area contributed by atoms with Gasteiger partial charge in [-0.15, -0.1) is 0 Å². The van der Waals surface area contributed by atoms with Crippen LogP contribution < -0.4 is 9.62 Å². The van der Waals surface area contributed by atoms with Crippen molar-refractivity contribution in [2.75, 3.05) is 10.9 Å². The van der Waals surface area contributed by atoms with Crippen LogP contribution in [-0.4, -0.2) is 32.1 Å². The SMILES string of the molecule is CC(CO)NC(=O)c1cc(N(Cc2ccc(Cl)cc2)S(=O)(=O)c2cccc(C#N)c2)ccc1F. The van der Waals surface area contributed by atoms with E-state index in [0.717, 1.165) is 16.4 Å². The first-order valence-corrected chi connectivity index (χ1v) is 12.0. The van der Waals surface area contributed by atoms with Crippen molar-refractivity contribution in [2.45, 2.75) is 24.4 Å². The van der Waals surface area contributed by atoms with Gasteiger partial charge in [0.1, 0.15) is 5.82 Å². The summed E-state index contributed by atoms with van der Waals surface area (Å²) in [7, 11) is -4.22. The minimum Gasteiger partial charge on any atom is -0.394 e. The number of sulfonamides is 1. The lowest BCUT2D eigenvalue weighted by Crippen LogP contribution is -2.36. The van der Waals surface area contributed by atoms with Gasteiger partial charge in [0.15, 0.2) is 0 Å². The number of carbonyl (C=O) groups is 1. The van der Waals surface area contributed by atoms with Gasteiger partial charge >= 0.3 is 0 Å². The highest BCUT2D eigenvalue weighted by atomic mass is 35.5. The van der Waals surface area contributed by atoms with Gasteiger partial charge < -0.3 is 10.4 Å². The lowest BCUT2D eigenvalue weighted by molar-refractivity contribution is 0.0918. The molecule has 0 bridgehead atoms. The maximum absolute atomic E-state index is 14.5. The third-order valence-corrected chi connectivity index (χ3v) is 6.95. The molecule has 7 nitrogen and oxygen atoms in total. The highest BCUT2D eigenvalue weighted by Crippen LogP contribution is 2.28. The summed E-state index contributed by atoms with van der Waals surface area (Å²) < 4.78 is 42.8. The van der Waals surface area contributed by atoms with E-state index in [-0.39, 0.29) is 34.9 Å². The van der Waals surface area contributed by atoms with Crippen molar-refractivity contribution in [2.24, 2.45) is 0 Å². The molecule has 3 rings (SSSR count). The Labute approximate surface area is 202 Å². The van der Waals surface area contributed by atoms with Crippen LogP contribution in [0.5, 0.6) is 0 Å². The number of aliphatic hydroxyl groups is 1. The summed E-state index contributed by atoms with van der Waals surface area (Å²) in [6.07, 6.45) is 0. The number of rotatable bonds is 8. The number of nitrogens with one attached hydrogen (secondary N) is 1. The normalized spacial score (nSPS) is 12.0. The lowest BCUT2D eigenvalue weighted by atomic mass is 10.1. The van der Waals surface area contributed by atoms with Crippen molar-refractivity contribution >= 4 is 33.2 Å². The van der Waals surface area contributed by atoms with Gasteiger partial charge in [0.25, 0.3) is 15.9 Å². The second-order valence-electron chi connectivity index (χ2n) is 7.50. The Hall–Kier alpha value is -3.45. The monoisotopic (exact) mass is 501 g/mol. The van der Waals surface area contributed by atoms with E-state index in [2.05, 4.69) is 5.32 Å². The maximum Gasteiger partial charge on any atom is 0.264 e. The fourth-order valence-electron chi connectivity index (χ4n) is 3.11. The predicted molar refractivity (Wildman–Crippen MR) is 126 cm³/mol. The Morgan fingerprint density at radius 2 is 1.88 bits per heavy atom. The van der Waals surface area contributed by atoms with Crippen LogP contribution in [0.25, 0.3) is 0 Å². The zero-order valence-electron chi connectivity index (χ0n) is 18.1. The predicted octanol–water partition coefficient (Wildman–Crippen LogP) is 3.86. The van der Waals surface area contributed by atoms with E-state index in [1.165, 1.54) is 30.3 Å². The second kappa shape index (κ2) is 10.7. The number of carbonyl (C=O) groups excluding carboxylic acids is 1. The molecule has 0 radical (unpaired) electrons. The van der Waals surface area contributed by atoms with Crippen LogP contribution in [0.15, 0.2) is 71.6 Å². The van der Waals surface area contributed by atoms with Crippen molar-refractivity contribution in [3.8, 4) is 6.07 Å². The summed E-state index contributed by atoms with van der Waals surface area (Å²) in [5.41, 5.74) is 0.415. The molecule has 0 fully saturated rings. The first-order valence-electron chi connectivity index (χ1n) is 10.1. The highest BCUT2D eigenvalue weighted by molar-refractivity contribution is 7.92. The average Bonchev–Trinajstić information content (AvgIpc) is 2.83. The van der Waals surface area contributed by atoms with Crippen LogP contribution in [0, 0.1) is 17.1 Å². The molecule has 0 heterocycles. The van der Waals surface area contributed by atoms with Crippen molar-refractivity contribution < 1.29 is 22.7 Å². The number of hydrogen-bond acceptors (Lipinski definition) is 5. The van der Waals surface area contributed by atoms with Gasteiger partial charge in [-0.25, -0.2) is 12.8 Å². The number of hydrogen-bond donors (Lipinski definition) is 2. The van der Waals surface area contributed by atoms with Gasteiger partial charge in [-0.3, -0.25) is 9.10 Å². The standard InChI is InChI=1S/C24H21ClFN3O4S/c1-16(15-30)28-24(31)22-12-20(9-10-23(22)26)29(14-17-5-7-19(25)8-6-17)34(32,33)21-4-2-3-18(11-21)13-27/h2-12,16,30H,14-15H2,1H3,(H,28,31). The molecule has 176 valence electrons. The second-order valence-corrected chi connectivity index (χ2v) is 9.80. The first-order chi connectivity index (χ1) is 16.1. The summed E-state index contributed by atoms with van der Waals surface area (Å²) in [6.45, 7) is 1.05. The van der Waals surface area contributed by atoms with Crippen LogP contribution in [0.3, 0.4) is 0 Å². The largest absolute Gasteiger partial charge is 0.394 e. The van der Waals surface area contributed by atoms with Gasteiger partial charge in [0.2, 0.25) is 0 Å². The Bertz CT molecular complexity index is 1340. The molecule has 34 heavy (non-hydrogen) atoms. The van der Waals surface area contributed by atoms with Crippen LogP contribution >= 0.6 is 11.6 Å². The third-order valence-electron chi connectivity index (χ3n) is 4.92. The molecule has 1 atom stereocenters. The third kappa shape index (κ3) is 5.72. The van der Waals surface area contributed by atoms with E-state index in [0.29, 0.717) is 10.6 Å². The molecule has 3 aromatic rings. The molecule has 0 spiro atoms. The van der Waals surface area contributed by atoms with Crippen molar-refractivity contribution in [1.82, 2.24) is 5.32 Å². The number of aliphatic hydroxyl groups excluding tert-OH is 1. The Balaban J connectivity index is 2.12. The fourth-order valence-corrected chi connectivity index (χ4v) is 4.73. The van der Waals surface area contributed by atoms with E-state index in [1.54, 1.807) is 31.2 Å². The number of halogens is 2. The zero-order chi connectivity index (χ0) is 24.9. The van der Waals surface area contributed by atoms with Crippen LogP contribution in [0.1, 0.15) is 28.4 Å². The minimum absolute atomic E-state index is 0.0421. The summed E-state index contributed by atoms with van der Waals surface area (Å²) in [4.78, 5) is 12.4. The zero-order valence-corrected chi connectivity index (χ0v) is 19.6. The molecule has 3 aromatic carbocycles. The Morgan fingerprint density at radius 1 is 1.18 bits per heavy atom. The maximum atomic E-state index is 14.5. The van der Waals surface area contributed by atoms with Crippen LogP contribution in [0.2, 0.25) is 5.02 Å². The minimum atomic E-state index is -4.22. The van der Waals surface area contributed by atoms with E-state index >= 15 is 0 Å². The van der Waals surface area contributed by atoms with E-state index in [1.807, 2.05) is 6.07 Å². The van der Waals surface area contributed by atoms with E-state index < -0.39 is 27.8 Å². The molecule has 2 N–H and O–H groups in total. The molecule has 0 saturated carbocycles. The van der Waals surface area contributed by atoms with Crippen molar-refractivity contribution in [3.05, 3.63) is 94.3 Å². The van der Waals surface area contributed by atoms with Crippen LogP contribution in [-0.2, 0) is 16.6 Å². The van der Waals surface area contributed by atoms with Crippen molar-refractivity contribution in [3.63, 3.8) is 0 Å². The quantitative estimate of drug-likeness (QED) is 0.487.